The number of anilines is 3. The van der Waals surface area contributed by atoms with Gasteiger partial charge >= 0.3 is 0 Å². The number of methoxy groups -OCH3 is 1. The zero-order valence-corrected chi connectivity index (χ0v) is 18.6. The summed E-state index contributed by atoms with van der Waals surface area (Å²) < 4.78 is 6.85. The van der Waals surface area contributed by atoms with Crippen molar-refractivity contribution in [1.29, 1.82) is 5.26 Å². The molecule has 0 fully saturated rings. The molecule has 0 radical (unpaired) electrons. The molecule has 0 spiro atoms. The van der Waals surface area contributed by atoms with Crippen LogP contribution in [-0.2, 0) is 16.7 Å². The third-order valence-electron chi connectivity index (χ3n) is 5.57. The summed E-state index contributed by atoms with van der Waals surface area (Å²) in [6.07, 6.45) is 2.44. The average molecular weight is 454 g/mol. The van der Waals surface area contributed by atoms with E-state index in [1.165, 1.54) is 0 Å². The van der Waals surface area contributed by atoms with Gasteiger partial charge in [-0.25, -0.2) is 14.6 Å². The molecule has 166 valence electrons. The van der Waals surface area contributed by atoms with Crippen LogP contribution in [0.15, 0.2) is 30.5 Å². The van der Waals surface area contributed by atoms with Gasteiger partial charge in [-0.15, -0.1) is 0 Å². The predicted molar refractivity (Wildman–Crippen MR) is 122 cm³/mol. The lowest BCUT2D eigenvalue weighted by Gasteiger charge is -2.21. The number of halogens is 1. The van der Waals surface area contributed by atoms with E-state index in [-0.39, 0.29) is 6.61 Å². The first-order valence-electron chi connectivity index (χ1n) is 10.2. The number of nitrogens with zero attached hydrogens (tertiary/aromatic N) is 5. The van der Waals surface area contributed by atoms with Crippen LogP contribution in [0.25, 0.3) is 11.3 Å². The molecule has 1 aliphatic rings. The number of benzene rings is 1. The summed E-state index contributed by atoms with van der Waals surface area (Å²) in [7, 11) is 1.66. The topological polar surface area (TPSA) is 121 Å². The summed E-state index contributed by atoms with van der Waals surface area (Å²) in [6, 6.07) is 9.53. The molecule has 10 heteroatoms. The molecule has 2 aromatic heterocycles. The summed E-state index contributed by atoms with van der Waals surface area (Å²) in [6.45, 7) is 3.76. The minimum absolute atomic E-state index is 0.0221. The number of ether oxygens (including phenoxy) is 1. The van der Waals surface area contributed by atoms with Crippen molar-refractivity contribution in [2.45, 2.75) is 25.3 Å². The number of aliphatic hydroxyl groups excluding tert-OH is 1. The molecule has 1 aliphatic heterocycles. The van der Waals surface area contributed by atoms with E-state index in [9.17, 15) is 10.4 Å². The van der Waals surface area contributed by atoms with Crippen molar-refractivity contribution < 1.29 is 9.84 Å². The Labute approximate surface area is 191 Å². The molecular formula is C22H24ClN7O2. The van der Waals surface area contributed by atoms with Crippen molar-refractivity contribution in [2.75, 3.05) is 37.5 Å². The molecule has 1 atom stereocenters. The Hall–Kier alpha value is -3.19. The van der Waals surface area contributed by atoms with Gasteiger partial charge in [-0.3, -0.25) is 0 Å². The molecule has 3 aromatic rings. The van der Waals surface area contributed by atoms with Gasteiger partial charge in [0.25, 0.3) is 0 Å². The second-order valence-electron chi connectivity index (χ2n) is 7.94. The highest BCUT2D eigenvalue weighted by Gasteiger charge is 2.35. The Kier molecular flexibility index (Phi) is 6.28. The number of hydrogen-bond donors (Lipinski definition) is 3. The smallest absolute Gasteiger partial charge is 0.228 e. The molecule has 32 heavy (non-hydrogen) atoms. The SMILES string of the molecule is COCCCn1nc(Cl)cc1Nc1nccc(-c2cc(C#N)c3c(c2)[C@@](C)(CO)CN3)n1. The van der Waals surface area contributed by atoms with E-state index in [4.69, 9.17) is 16.3 Å². The zero-order chi connectivity index (χ0) is 22.7. The van der Waals surface area contributed by atoms with E-state index in [0.29, 0.717) is 47.9 Å². The van der Waals surface area contributed by atoms with Crippen molar-refractivity contribution in [3.8, 4) is 17.3 Å². The van der Waals surface area contributed by atoms with E-state index in [0.717, 1.165) is 23.2 Å². The number of fused-ring (bicyclic) bond motifs is 1. The molecule has 0 aliphatic carbocycles. The zero-order valence-electron chi connectivity index (χ0n) is 17.9. The van der Waals surface area contributed by atoms with Crippen molar-refractivity contribution in [1.82, 2.24) is 19.7 Å². The maximum Gasteiger partial charge on any atom is 0.228 e. The molecule has 9 nitrogen and oxygen atoms in total. The van der Waals surface area contributed by atoms with Gasteiger partial charge in [0.2, 0.25) is 5.95 Å². The molecular weight excluding hydrogens is 430 g/mol. The van der Waals surface area contributed by atoms with E-state index >= 15 is 0 Å². The minimum atomic E-state index is -0.462. The van der Waals surface area contributed by atoms with E-state index in [1.54, 1.807) is 36.2 Å². The summed E-state index contributed by atoms with van der Waals surface area (Å²) in [5.74, 6) is 1.06. The van der Waals surface area contributed by atoms with Gasteiger partial charge in [0, 0.05) is 50.0 Å². The fourth-order valence-corrected chi connectivity index (χ4v) is 3.97. The van der Waals surface area contributed by atoms with Crippen LogP contribution < -0.4 is 10.6 Å². The molecule has 3 heterocycles. The summed E-state index contributed by atoms with van der Waals surface area (Å²) in [5, 5.41) is 30.7. The second kappa shape index (κ2) is 9.12. The lowest BCUT2D eigenvalue weighted by molar-refractivity contribution is 0.189. The normalized spacial score (nSPS) is 17.0. The first kappa shape index (κ1) is 22.0. The molecule has 0 saturated carbocycles. The lowest BCUT2D eigenvalue weighted by Crippen LogP contribution is -2.28. The van der Waals surface area contributed by atoms with Crippen LogP contribution in [-0.4, -0.2) is 51.7 Å². The fourth-order valence-electron chi connectivity index (χ4n) is 3.77. The van der Waals surface area contributed by atoms with Gasteiger partial charge < -0.3 is 20.5 Å². The summed E-state index contributed by atoms with van der Waals surface area (Å²) in [4.78, 5) is 8.95. The summed E-state index contributed by atoms with van der Waals surface area (Å²) >= 11 is 6.10. The number of hydrogen-bond acceptors (Lipinski definition) is 8. The molecule has 1 aromatic carbocycles. The standard InChI is InChI=1S/C22H24ClN7O2/c1-22(13-31)12-26-20-15(11-24)8-14(9-16(20)22)17-4-5-25-21(27-17)28-19-10-18(23)29-30(19)6-3-7-32-2/h4-5,8-10,26,31H,3,6-7,12-13H2,1-2H3,(H,25,27,28)/t22-/m1/s1. The Balaban J connectivity index is 1.65. The number of nitriles is 1. The van der Waals surface area contributed by atoms with Gasteiger partial charge in [-0.05, 0) is 30.2 Å². The number of rotatable bonds is 8. The molecule has 0 amide bonds. The quantitative estimate of drug-likeness (QED) is 0.444. The Bertz CT molecular complexity index is 1170. The lowest BCUT2D eigenvalue weighted by atomic mass is 9.83. The predicted octanol–water partition coefficient (Wildman–Crippen LogP) is 3.32. The molecule has 3 N–H and O–H groups in total. The van der Waals surface area contributed by atoms with Crippen LogP contribution >= 0.6 is 11.6 Å². The highest BCUT2D eigenvalue weighted by Crippen LogP contribution is 2.41. The highest BCUT2D eigenvalue weighted by molar-refractivity contribution is 6.29. The number of aromatic nitrogens is 4. The Morgan fingerprint density at radius 1 is 1.41 bits per heavy atom. The van der Waals surface area contributed by atoms with Gasteiger partial charge in [0.05, 0.1) is 23.6 Å². The van der Waals surface area contributed by atoms with E-state index in [1.807, 2.05) is 13.0 Å². The molecule has 4 rings (SSSR count). The first-order valence-corrected chi connectivity index (χ1v) is 10.6. The molecule has 0 saturated heterocycles. The van der Waals surface area contributed by atoms with Gasteiger partial charge in [0.15, 0.2) is 5.15 Å². The van der Waals surface area contributed by atoms with E-state index in [2.05, 4.69) is 31.8 Å². The van der Waals surface area contributed by atoms with Crippen molar-refractivity contribution in [3.05, 3.63) is 46.7 Å². The summed E-state index contributed by atoms with van der Waals surface area (Å²) in [5.41, 5.74) is 3.17. The van der Waals surface area contributed by atoms with Crippen molar-refractivity contribution in [2.24, 2.45) is 0 Å². The monoisotopic (exact) mass is 453 g/mol. The average Bonchev–Trinajstić information content (AvgIpc) is 3.33. The van der Waals surface area contributed by atoms with Crippen molar-refractivity contribution >= 4 is 29.1 Å². The van der Waals surface area contributed by atoms with Crippen molar-refractivity contribution in [3.63, 3.8) is 0 Å². The van der Waals surface area contributed by atoms with Gasteiger partial charge in [0.1, 0.15) is 11.9 Å². The number of aryl methyl sites for hydroxylation is 1. The van der Waals surface area contributed by atoms with Crippen LogP contribution in [0.4, 0.5) is 17.5 Å². The van der Waals surface area contributed by atoms with Crippen LogP contribution in [0.5, 0.6) is 0 Å². The minimum Gasteiger partial charge on any atom is -0.395 e. The third-order valence-corrected chi connectivity index (χ3v) is 5.76. The maximum atomic E-state index is 9.93. The van der Waals surface area contributed by atoms with E-state index < -0.39 is 5.41 Å². The van der Waals surface area contributed by atoms with Crippen LogP contribution in [0, 0.1) is 11.3 Å². The number of aliphatic hydroxyl groups is 1. The molecule has 0 bridgehead atoms. The van der Waals surface area contributed by atoms with Crippen LogP contribution in [0.3, 0.4) is 0 Å². The number of nitrogens with one attached hydrogen (secondary N) is 2. The first-order chi connectivity index (χ1) is 15.5. The fraction of sp³-hybridized carbons (Fsp3) is 0.364. The Morgan fingerprint density at radius 3 is 3.00 bits per heavy atom. The molecule has 0 unspecified atom stereocenters. The Morgan fingerprint density at radius 2 is 2.25 bits per heavy atom. The largest absolute Gasteiger partial charge is 0.395 e. The van der Waals surface area contributed by atoms with Crippen LogP contribution in [0.1, 0.15) is 24.5 Å². The van der Waals surface area contributed by atoms with Crippen LogP contribution in [0.2, 0.25) is 5.15 Å². The highest BCUT2D eigenvalue weighted by atomic mass is 35.5. The second-order valence-corrected chi connectivity index (χ2v) is 8.33. The third kappa shape index (κ3) is 4.25. The maximum absolute atomic E-state index is 9.93. The van der Waals surface area contributed by atoms with Gasteiger partial charge in [-0.2, -0.15) is 10.4 Å². The van der Waals surface area contributed by atoms with Gasteiger partial charge in [-0.1, -0.05) is 18.5 Å².